The van der Waals surface area contributed by atoms with Gasteiger partial charge >= 0.3 is 0 Å². The first-order valence-corrected chi connectivity index (χ1v) is 30.9. The van der Waals surface area contributed by atoms with E-state index >= 15 is 0 Å². The van der Waals surface area contributed by atoms with Gasteiger partial charge < -0.3 is 15.5 Å². The van der Waals surface area contributed by atoms with Gasteiger partial charge in [0, 0.05) is 6.42 Å². The van der Waals surface area contributed by atoms with Gasteiger partial charge in [-0.25, -0.2) is 0 Å². The quantitative estimate of drug-likeness (QED) is 0.0420. The van der Waals surface area contributed by atoms with Crippen molar-refractivity contribution in [1.82, 2.24) is 5.32 Å². The standard InChI is InChI=1S/C67H119NO3/c1-3-5-7-9-11-13-15-17-19-21-23-25-27-28-29-30-31-32-33-34-35-36-37-38-39-40-41-43-45-47-49-51-53-55-57-59-61-63-67(71)68-65(64-69)66(70)62-60-58-56-54-52-50-48-46-44-42-26-24-22-20-18-16-14-12-10-8-6-4-2/h5,7,11,13,17,19,23,25,28-29,31-32,34-35,37-38,65-66,69-70H,3-4,6,8-10,12,14-16,18,20-22,24,26-27,30,33,36,39-64H2,1-2H3,(H,68,71)/b7-5-,13-11-,19-17-,25-23-,29-28-,32-31-,35-34-,38-37-. The highest BCUT2D eigenvalue weighted by Gasteiger charge is 2.20. The fourth-order valence-corrected chi connectivity index (χ4v) is 9.20. The number of rotatable bonds is 56. The molecule has 4 heteroatoms. The molecule has 0 aliphatic carbocycles. The van der Waals surface area contributed by atoms with Crippen LogP contribution in [0.5, 0.6) is 0 Å². The van der Waals surface area contributed by atoms with E-state index in [1.807, 2.05) is 0 Å². The predicted octanol–water partition coefficient (Wildman–Crippen LogP) is 20.9. The van der Waals surface area contributed by atoms with Crippen molar-refractivity contribution in [3.63, 3.8) is 0 Å². The maximum atomic E-state index is 12.5. The molecule has 0 aromatic rings. The van der Waals surface area contributed by atoms with Gasteiger partial charge in [-0.15, -0.1) is 0 Å². The number of amides is 1. The lowest BCUT2D eigenvalue weighted by atomic mass is 10.0. The highest BCUT2D eigenvalue weighted by Crippen LogP contribution is 2.17. The van der Waals surface area contributed by atoms with Gasteiger partial charge in [-0.05, 0) is 77.0 Å². The van der Waals surface area contributed by atoms with Gasteiger partial charge in [-0.2, -0.15) is 0 Å². The number of aliphatic hydroxyl groups excluding tert-OH is 2. The maximum absolute atomic E-state index is 12.5. The molecule has 0 fully saturated rings. The molecule has 0 heterocycles. The molecular weight excluding hydrogens is 867 g/mol. The van der Waals surface area contributed by atoms with E-state index in [0.717, 1.165) is 77.0 Å². The summed E-state index contributed by atoms with van der Waals surface area (Å²) < 4.78 is 0. The number of allylic oxidation sites excluding steroid dienone is 16. The van der Waals surface area contributed by atoms with Gasteiger partial charge in [0.05, 0.1) is 18.8 Å². The summed E-state index contributed by atoms with van der Waals surface area (Å²) in [6.07, 6.45) is 91.2. The summed E-state index contributed by atoms with van der Waals surface area (Å²) in [6, 6.07) is -0.544. The van der Waals surface area contributed by atoms with Crippen molar-refractivity contribution in [2.75, 3.05) is 6.61 Å². The predicted molar refractivity (Wildman–Crippen MR) is 317 cm³/mol. The van der Waals surface area contributed by atoms with Gasteiger partial charge in [-0.3, -0.25) is 4.79 Å². The molecule has 0 aliphatic rings. The lowest BCUT2D eigenvalue weighted by Gasteiger charge is -2.22. The van der Waals surface area contributed by atoms with Gasteiger partial charge in [0.15, 0.2) is 0 Å². The molecule has 2 atom stereocenters. The van der Waals surface area contributed by atoms with E-state index in [-0.39, 0.29) is 12.5 Å². The third-order valence-electron chi connectivity index (χ3n) is 13.9. The highest BCUT2D eigenvalue weighted by molar-refractivity contribution is 5.76. The molecule has 0 aromatic heterocycles. The molecule has 71 heavy (non-hydrogen) atoms. The molecule has 0 saturated carbocycles. The van der Waals surface area contributed by atoms with Crippen LogP contribution in [0.25, 0.3) is 0 Å². The van der Waals surface area contributed by atoms with E-state index in [4.69, 9.17) is 0 Å². The van der Waals surface area contributed by atoms with Crippen molar-refractivity contribution >= 4 is 5.91 Å². The van der Waals surface area contributed by atoms with Crippen LogP contribution in [-0.2, 0) is 4.79 Å². The summed E-state index contributed by atoms with van der Waals surface area (Å²) in [6.45, 7) is 4.26. The van der Waals surface area contributed by atoms with Crippen LogP contribution < -0.4 is 5.32 Å². The molecule has 0 bridgehead atoms. The zero-order valence-electron chi connectivity index (χ0n) is 47.2. The van der Waals surface area contributed by atoms with Crippen LogP contribution in [0.4, 0.5) is 0 Å². The zero-order valence-corrected chi connectivity index (χ0v) is 47.2. The molecule has 0 rings (SSSR count). The van der Waals surface area contributed by atoms with Crippen molar-refractivity contribution < 1.29 is 15.0 Å². The van der Waals surface area contributed by atoms with E-state index < -0.39 is 12.1 Å². The smallest absolute Gasteiger partial charge is 0.220 e. The number of hydrogen-bond acceptors (Lipinski definition) is 3. The number of hydrogen-bond donors (Lipinski definition) is 3. The molecule has 410 valence electrons. The molecule has 1 amide bonds. The SMILES string of the molecule is CC/C=C\C/C=C\C/C=C\C/C=C\C/C=C\C/C=C\C/C=C\C/C=C\CCCCCCCCCCCCCCC(=O)NC(CO)C(O)CCCCCCCCCCCCCCCCCCCCCCCC. The van der Waals surface area contributed by atoms with E-state index in [0.29, 0.717) is 12.8 Å². The van der Waals surface area contributed by atoms with E-state index in [1.165, 1.54) is 199 Å². The summed E-state index contributed by atoms with van der Waals surface area (Å²) in [7, 11) is 0. The Morgan fingerprint density at radius 1 is 0.352 bits per heavy atom. The molecule has 3 N–H and O–H groups in total. The van der Waals surface area contributed by atoms with Crippen LogP contribution in [-0.4, -0.2) is 34.9 Å². The Hall–Kier alpha value is -2.69. The number of aliphatic hydroxyl groups is 2. The van der Waals surface area contributed by atoms with Gasteiger partial charge in [-0.1, -0.05) is 317 Å². The van der Waals surface area contributed by atoms with Crippen LogP contribution in [0.1, 0.15) is 303 Å². The third-order valence-corrected chi connectivity index (χ3v) is 13.9. The number of carbonyl (C=O) groups excluding carboxylic acids is 1. The minimum absolute atomic E-state index is 0.0335. The molecule has 4 nitrogen and oxygen atoms in total. The average molecular weight is 987 g/mol. The van der Waals surface area contributed by atoms with E-state index in [1.54, 1.807) is 0 Å². The number of nitrogens with one attached hydrogen (secondary N) is 1. The fourth-order valence-electron chi connectivity index (χ4n) is 9.20. The summed E-state index contributed by atoms with van der Waals surface area (Å²) in [5.41, 5.74) is 0. The van der Waals surface area contributed by atoms with Gasteiger partial charge in [0.25, 0.3) is 0 Å². The van der Waals surface area contributed by atoms with Gasteiger partial charge in [0.1, 0.15) is 0 Å². The largest absolute Gasteiger partial charge is 0.394 e. The molecule has 0 spiro atoms. The van der Waals surface area contributed by atoms with Crippen molar-refractivity contribution in [2.24, 2.45) is 0 Å². The lowest BCUT2D eigenvalue weighted by molar-refractivity contribution is -0.123. The van der Waals surface area contributed by atoms with Crippen LogP contribution >= 0.6 is 0 Å². The molecule has 0 aliphatic heterocycles. The zero-order chi connectivity index (χ0) is 51.3. The summed E-state index contributed by atoms with van der Waals surface area (Å²) in [4.78, 5) is 12.5. The highest BCUT2D eigenvalue weighted by atomic mass is 16.3. The molecule has 0 radical (unpaired) electrons. The minimum atomic E-state index is -0.666. The van der Waals surface area contributed by atoms with E-state index in [9.17, 15) is 15.0 Å². The van der Waals surface area contributed by atoms with Crippen molar-refractivity contribution in [3.8, 4) is 0 Å². The molecular formula is C67H119NO3. The second-order valence-electron chi connectivity index (χ2n) is 20.7. The number of carbonyl (C=O) groups is 1. The van der Waals surface area contributed by atoms with Crippen molar-refractivity contribution in [2.45, 2.75) is 315 Å². The van der Waals surface area contributed by atoms with Crippen LogP contribution in [0.2, 0.25) is 0 Å². The molecule has 0 aromatic carbocycles. The molecule has 0 saturated heterocycles. The van der Waals surface area contributed by atoms with Crippen molar-refractivity contribution in [1.29, 1.82) is 0 Å². The summed E-state index contributed by atoms with van der Waals surface area (Å²) in [5.74, 6) is -0.0335. The Labute approximate surface area is 443 Å². The maximum Gasteiger partial charge on any atom is 0.220 e. The van der Waals surface area contributed by atoms with E-state index in [2.05, 4.69) is 116 Å². The third kappa shape index (κ3) is 58.1. The Kier molecular flexibility index (Phi) is 59.3. The van der Waals surface area contributed by atoms with Crippen LogP contribution in [0.15, 0.2) is 97.2 Å². The summed E-state index contributed by atoms with van der Waals surface area (Å²) in [5, 5.41) is 23.4. The average Bonchev–Trinajstić information content (AvgIpc) is 3.37. The lowest BCUT2D eigenvalue weighted by Crippen LogP contribution is -2.45. The topological polar surface area (TPSA) is 69.6 Å². The Morgan fingerprint density at radius 2 is 0.620 bits per heavy atom. The van der Waals surface area contributed by atoms with Crippen LogP contribution in [0, 0.1) is 0 Å². The first kappa shape index (κ1) is 68.3. The van der Waals surface area contributed by atoms with Crippen LogP contribution in [0.3, 0.4) is 0 Å². The first-order valence-electron chi connectivity index (χ1n) is 30.9. The first-order chi connectivity index (χ1) is 35.2. The number of unbranched alkanes of at least 4 members (excludes halogenated alkanes) is 33. The second-order valence-corrected chi connectivity index (χ2v) is 20.7. The van der Waals surface area contributed by atoms with Gasteiger partial charge in [0.2, 0.25) is 5.91 Å². The summed E-state index contributed by atoms with van der Waals surface area (Å²) >= 11 is 0. The normalized spacial score (nSPS) is 13.5. The van der Waals surface area contributed by atoms with Crippen molar-refractivity contribution in [3.05, 3.63) is 97.2 Å². The fraction of sp³-hybridized carbons (Fsp3) is 0.746. The Balaban J connectivity index is 3.51. The Bertz CT molecular complexity index is 1300. The minimum Gasteiger partial charge on any atom is -0.394 e. The monoisotopic (exact) mass is 986 g/mol. The molecule has 2 unspecified atom stereocenters. The Morgan fingerprint density at radius 3 is 0.930 bits per heavy atom. The second kappa shape index (κ2) is 61.6.